The lowest BCUT2D eigenvalue weighted by molar-refractivity contribution is -0.193. The fourth-order valence-corrected chi connectivity index (χ4v) is 7.97. The van der Waals surface area contributed by atoms with Gasteiger partial charge in [-0.1, -0.05) is 72.8 Å². The van der Waals surface area contributed by atoms with E-state index in [4.69, 9.17) is 45.5 Å². The molecular formula is C54H50F10N6O8. The maximum absolute atomic E-state index is 14.5. The number of amides is 1. The highest BCUT2D eigenvalue weighted by atomic mass is 19.4. The molecular weight excluding hydrogens is 1050 g/mol. The number of nitrogens with two attached hydrogens (primary N) is 2. The number of halogens is 10. The number of benzene rings is 6. The summed E-state index contributed by atoms with van der Waals surface area (Å²) < 4.78 is 137. The predicted molar refractivity (Wildman–Crippen MR) is 265 cm³/mol. The van der Waals surface area contributed by atoms with Crippen LogP contribution in [0.3, 0.4) is 0 Å². The number of hydrogen-bond acceptors (Lipinski definition) is 10. The standard InChI is InChI=1S/C27H29F2N3O3.C23H19F2N3O.2C2HF3O2/c1-27(2,3)35-26(33)32(19-12-17-6-4-5-7-18(17)13-19)15-16-8-10-20(11-9-16)34-25-21(28)14-22(30)24(31)23(25)29;24-19-11-20-22(28-13-27-20)21(25)23(19)29-18-7-5-14(6-8-18)12-26-17-9-15-3-1-2-4-16(15)10-17;2*3-2(4,5)1(6)7/h4-11,14,19H,12-13,15,30-31H2,1-3H3;1-8,11,13,17,26H,9-10,12H2,(H,27,28);2*(H,6,7). The third-order valence-corrected chi connectivity index (χ3v) is 11.7. The number of ether oxygens (including phenoxy) is 3. The highest BCUT2D eigenvalue weighted by Gasteiger charge is 2.39. The molecule has 0 saturated heterocycles. The first-order valence-electron chi connectivity index (χ1n) is 23.4. The number of alkyl halides is 6. The van der Waals surface area contributed by atoms with Gasteiger partial charge in [0.25, 0.3) is 0 Å². The van der Waals surface area contributed by atoms with E-state index in [0.717, 1.165) is 49.4 Å². The van der Waals surface area contributed by atoms with Crippen molar-refractivity contribution in [3.05, 3.63) is 172 Å². The van der Waals surface area contributed by atoms with Gasteiger partial charge in [0.1, 0.15) is 22.6 Å². The van der Waals surface area contributed by atoms with E-state index in [1.165, 1.54) is 34.6 Å². The Bertz CT molecular complexity index is 3160. The topological polar surface area (TPSA) is 215 Å². The summed E-state index contributed by atoms with van der Waals surface area (Å²) >= 11 is 0. The molecule has 6 aromatic carbocycles. The van der Waals surface area contributed by atoms with Crippen LogP contribution in [0, 0.1) is 23.3 Å². The minimum atomic E-state index is -5.08. The van der Waals surface area contributed by atoms with Gasteiger partial charge in [0, 0.05) is 37.3 Å². The van der Waals surface area contributed by atoms with Crippen LogP contribution in [0.5, 0.6) is 23.0 Å². The number of hydrogen-bond donors (Lipinski definition) is 6. The number of aromatic amines is 1. The van der Waals surface area contributed by atoms with Gasteiger partial charge in [-0.2, -0.15) is 26.3 Å². The Morgan fingerprint density at radius 2 is 1.10 bits per heavy atom. The summed E-state index contributed by atoms with van der Waals surface area (Å²) in [7, 11) is 0. The zero-order valence-corrected chi connectivity index (χ0v) is 41.5. The summed E-state index contributed by atoms with van der Waals surface area (Å²) in [4.78, 5) is 39.2. The Labute approximate surface area is 438 Å². The first-order valence-corrected chi connectivity index (χ1v) is 23.4. The molecule has 0 aliphatic heterocycles. The average molecular weight is 1100 g/mol. The van der Waals surface area contributed by atoms with Gasteiger partial charge in [-0.3, -0.25) is 0 Å². The second-order valence-electron chi connectivity index (χ2n) is 18.6. The normalized spacial score (nSPS) is 13.1. The molecule has 0 spiro atoms. The molecule has 0 fully saturated rings. The summed E-state index contributed by atoms with van der Waals surface area (Å²) in [5.41, 5.74) is 17.4. The van der Waals surface area contributed by atoms with E-state index in [9.17, 15) is 48.7 Å². The molecule has 0 bridgehead atoms. The number of nitrogens with one attached hydrogen (secondary N) is 2. The maximum Gasteiger partial charge on any atom is 0.490 e. The number of carbonyl (C=O) groups excluding carboxylic acids is 1. The lowest BCUT2D eigenvalue weighted by Gasteiger charge is -2.31. The van der Waals surface area contributed by atoms with Crippen LogP contribution in [-0.2, 0) is 53.1 Å². The highest BCUT2D eigenvalue weighted by Crippen LogP contribution is 2.36. The molecule has 0 radical (unpaired) electrons. The minimum Gasteiger partial charge on any atom is -0.475 e. The van der Waals surface area contributed by atoms with E-state index >= 15 is 0 Å². The molecule has 8 N–H and O–H groups in total. The number of carboxylic acid groups (broad SMARTS) is 2. The van der Waals surface area contributed by atoms with Crippen molar-refractivity contribution in [3.8, 4) is 23.0 Å². The maximum atomic E-state index is 14.5. The van der Waals surface area contributed by atoms with Gasteiger partial charge in [0.15, 0.2) is 23.3 Å². The van der Waals surface area contributed by atoms with Crippen LogP contribution in [0.1, 0.15) is 54.2 Å². The van der Waals surface area contributed by atoms with Crippen molar-refractivity contribution in [2.24, 2.45) is 0 Å². The predicted octanol–water partition coefficient (Wildman–Crippen LogP) is 12.0. The van der Waals surface area contributed by atoms with Crippen LogP contribution in [0.25, 0.3) is 11.0 Å². The molecule has 2 aliphatic rings. The van der Waals surface area contributed by atoms with Gasteiger partial charge >= 0.3 is 30.4 Å². The van der Waals surface area contributed by atoms with E-state index in [2.05, 4.69) is 51.7 Å². The minimum absolute atomic E-state index is 0.0425. The van der Waals surface area contributed by atoms with Crippen molar-refractivity contribution in [1.82, 2.24) is 20.2 Å². The summed E-state index contributed by atoms with van der Waals surface area (Å²) in [6.45, 7) is 6.54. The first kappa shape index (κ1) is 58.7. The van der Waals surface area contributed by atoms with Crippen molar-refractivity contribution in [1.29, 1.82) is 0 Å². The quantitative estimate of drug-likeness (QED) is 0.0557. The van der Waals surface area contributed by atoms with Crippen LogP contribution in [-0.4, -0.2) is 73.2 Å². The van der Waals surface area contributed by atoms with Gasteiger partial charge < -0.3 is 51.1 Å². The molecule has 1 heterocycles. The molecule has 78 heavy (non-hydrogen) atoms. The molecule has 24 heteroatoms. The Morgan fingerprint density at radius 3 is 1.56 bits per heavy atom. The molecule has 7 aromatic rings. The summed E-state index contributed by atoms with van der Waals surface area (Å²) in [6.07, 6.45) is -5.68. The van der Waals surface area contributed by atoms with Crippen LogP contribution in [0.2, 0.25) is 0 Å². The number of nitrogens with zero attached hydrogens (tertiary/aromatic N) is 2. The van der Waals surface area contributed by atoms with Crippen LogP contribution in [0.15, 0.2) is 116 Å². The molecule has 2 aliphatic carbocycles. The van der Waals surface area contributed by atoms with Crippen molar-refractivity contribution < 1.29 is 82.7 Å². The second kappa shape index (κ2) is 24.6. The number of aromatic nitrogens is 2. The lowest BCUT2D eigenvalue weighted by atomic mass is 10.1. The number of anilines is 2. The molecule has 1 aromatic heterocycles. The number of fused-ring (bicyclic) bond motifs is 3. The van der Waals surface area contributed by atoms with E-state index in [0.29, 0.717) is 23.9 Å². The third kappa shape index (κ3) is 15.8. The zero-order chi connectivity index (χ0) is 57.3. The van der Waals surface area contributed by atoms with Crippen molar-refractivity contribution in [2.45, 2.75) is 89.6 Å². The molecule has 14 nitrogen and oxygen atoms in total. The average Bonchev–Trinajstić information content (AvgIpc) is 4.14. The Balaban J connectivity index is 0.000000205. The van der Waals surface area contributed by atoms with Gasteiger partial charge in [0.05, 0.1) is 23.2 Å². The van der Waals surface area contributed by atoms with E-state index in [-0.39, 0.29) is 28.7 Å². The number of aliphatic carboxylic acids is 2. The van der Waals surface area contributed by atoms with E-state index in [1.54, 1.807) is 41.3 Å². The third-order valence-electron chi connectivity index (χ3n) is 11.7. The fourth-order valence-electron chi connectivity index (χ4n) is 7.97. The first-order chi connectivity index (χ1) is 36.6. The van der Waals surface area contributed by atoms with Crippen molar-refractivity contribution in [2.75, 3.05) is 11.5 Å². The summed E-state index contributed by atoms with van der Waals surface area (Å²) in [5.74, 6) is -9.58. The molecule has 9 rings (SSSR count). The fraction of sp³-hybridized carbons (Fsp3) is 0.259. The second-order valence-corrected chi connectivity index (χ2v) is 18.6. The van der Waals surface area contributed by atoms with Crippen molar-refractivity contribution in [3.63, 3.8) is 0 Å². The van der Waals surface area contributed by atoms with E-state index in [1.807, 2.05) is 45.0 Å². The smallest absolute Gasteiger partial charge is 0.475 e. The van der Waals surface area contributed by atoms with Crippen molar-refractivity contribution >= 4 is 40.4 Å². The molecule has 0 saturated carbocycles. The summed E-state index contributed by atoms with van der Waals surface area (Å²) in [5, 5.41) is 17.8. The van der Waals surface area contributed by atoms with Crippen LogP contribution < -0.4 is 26.3 Å². The lowest BCUT2D eigenvalue weighted by Crippen LogP contribution is -2.43. The van der Waals surface area contributed by atoms with E-state index < -0.39 is 70.8 Å². The Kier molecular flexibility index (Phi) is 18.5. The Hall–Kier alpha value is -8.54. The van der Waals surface area contributed by atoms with Crippen LogP contribution in [0.4, 0.5) is 60.1 Å². The summed E-state index contributed by atoms with van der Waals surface area (Å²) in [6, 6.07) is 33.0. The number of rotatable bonds is 10. The number of nitrogen functional groups attached to an aromatic ring is 2. The van der Waals surface area contributed by atoms with Crippen LogP contribution >= 0.6 is 0 Å². The number of carboxylic acids is 2. The monoisotopic (exact) mass is 1100 g/mol. The highest BCUT2D eigenvalue weighted by molar-refractivity contribution is 5.77. The number of carbonyl (C=O) groups is 3. The SMILES string of the molecule is CC(C)(C)OC(=O)N(Cc1ccc(Oc2c(F)cc(N)c(N)c2F)cc1)C1Cc2ccccc2C1.Fc1cc2[nH]cnc2c(F)c1Oc1ccc(CNC2Cc3ccccc3C2)cc1.O=C(O)C(F)(F)F.O=C(O)C(F)(F)F. The Morgan fingerprint density at radius 1 is 0.667 bits per heavy atom. The molecule has 0 atom stereocenters. The molecule has 0 unspecified atom stereocenters. The van der Waals surface area contributed by atoms with Gasteiger partial charge in [-0.05, 0) is 104 Å². The largest absolute Gasteiger partial charge is 0.490 e. The van der Waals surface area contributed by atoms with Gasteiger partial charge in [-0.15, -0.1) is 0 Å². The molecule has 1 amide bonds. The van der Waals surface area contributed by atoms with Gasteiger partial charge in [0.2, 0.25) is 11.5 Å². The number of H-pyrrole nitrogens is 1. The number of imidazole rings is 1. The zero-order valence-electron chi connectivity index (χ0n) is 41.5. The molecule has 414 valence electrons. The van der Waals surface area contributed by atoms with Gasteiger partial charge in [-0.25, -0.2) is 36.9 Å².